The molecule has 15 heavy (non-hydrogen) atoms. The summed E-state index contributed by atoms with van der Waals surface area (Å²) in [6.07, 6.45) is 3.19. The van der Waals surface area contributed by atoms with E-state index in [4.69, 9.17) is 5.73 Å². The van der Waals surface area contributed by atoms with E-state index in [1.807, 2.05) is 0 Å². The molecular weight excluding hydrogens is 261 g/mol. The maximum absolute atomic E-state index is 13.0. The zero-order valence-electron chi connectivity index (χ0n) is 8.21. The number of nitrogens with two attached hydrogens (primary N) is 1. The van der Waals surface area contributed by atoms with Crippen LogP contribution in [0.5, 0.6) is 5.75 Å². The molecule has 0 spiro atoms. The van der Waals surface area contributed by atoms with Gasteiger partial charge in [-0.15, -0.1) is 6.58 Å². The van der Waals surface area contributed by atoms with Crippen molar-refractivity contribution in [3.63, 3.8) is 0 Å². The third kappa shape index (κ3) is 2.79. The topological polar surface area (TPSA) is 46.2 Å². The molecule has 0 radical (unpaired) electrons. The van der Waals surface area contributed by atoms with Crippen molar-refractivity contribution in [1.82, 2.24) is 0 Å². The van der Waals surface area contributed by atoms with Gasteiger partial charge in [0.15, 0.2) is 0 Å². The molecule has 0 aliphatic heterocycles. The monoisotopic (exact) mass is 273 g/mol. The van der Waals surface area contributed by atoms with E-state index in [9.17, 15) is 9.50 Å². The summed E-state index contributed by atoms with van der Waals surface area (Å²) < 4.78 is 13.1. The van der Waals surface area contributed by atoms with E-state index in [1.165, 1.54) is 12.1 Å². The minimum absolute atomic E-state index is 0.0639. The normalized spacial score (nSPS) is 12.5. The van der Waals surface area contributed by atoms with Crippen molar-refractivity contribution < 1.29 is 9.50 Å². The van der Waals surface area contributed by atoms with Crippen LogP contribution >= 0.6 is 15.9 Å². The van der Waals surface area contributed by atoms with Gasteiger partial charge in [-0.2, -0.15) is 0 Å². The molecule has 0 unspecified atom stereocenters. The lowest BCUT2D eigenvalue weighted by Gasteiger charge is -2.13. The second-order valence-electron chi connectivity index (χ2n) is 3.27. The number of benzene rings is 1. The minimum Gasteiger partial charge on any atom is -0.506 e. The SMILES string of the molecule is C=CCC[C@H](N)c1ccc(F)c(Br)c1O. The highest BCUT2D eigenvalue weighted by atomic mass is 79.9. The molecule has 1 atom stereocenters. The van der Waals surface area contributed by atoms with Gasteiger partial charge in [0.05, 0.1) is 4.47 Å². The lowest BCUT2D eigenvalue weighted by atomic mass is 10.0. The van der Waals surface area contributed by atoms with Crippen molar-refractivity contribution in [1.29, 1.82) is 0 Å². The Labute approximate surface area is 96.7 Å². The summed E-state index contributed by atoms with van der Waals surface area (Å²) in [5.41, 5.74) is 6.40. The zero-order valence-corrected chi connectivity index (χ0v) is 9.80. The van der Waals surface area contributed by atoms with Crippen LogP contribution in [0, 0.1) is 5.82 Å². The summed E-state index contributed by atoms with van der Waals surface area (Å²) in [5, 5.41) is 9.66. The van der Waals surface area contributed by atoms with E-state index in [2.05, 4.69) is 22.5 Å². The van der Waals surface area contributed by atoms with Gasteiger partial charge in [0.1, 0.15) is 11.6 Å². The van der Waals surface area contributed by atoms with Crippen LogP contribution in [0.25, 0.3) is 0 Å². The smallest absolute Gasteiger partial charge is 0.141 e. The molecule has 0 saturated carbocycles. The first-order valence-electron chi connectivity index (χ1n) is 4.61. The van der Waals surface area contributed by atoms with Crippen LogP contribution in [0.4, 0.5) is 4.39 Å². The molecule has 82 valence electrons. The molecule has 0 saturated heterocycles. The molecule has 0 bridgehead atoms. The molecule has 0 aromatic heterocycles. The predicted molar refractivity (Wildman–Crippen MR) is 62.1 cm³/mol. The number of phenols is 1. The fourth-order valence-electron chi connectivity index (χ4n) is 1.31. The quantitative estimate of drug-likeness (QED) is 0.828. The first kappa shape index (κ1) is 12.2. The third-order valence-corrected chi connectivity index (χ3v) is 2.94. The van der Waals surface area contributed by atoms with Crippen LogP contribution in [0.1, 0.15) is 24.4 Å². The highest BCUT2D eigenvalue weighted by Gasteiger charge is 2.15. The molecule has 4 heteroatoms. The lowest BCUT2D eigenvalue weighted by Crippen LogP contribution is -2.10. The van der Waals surface area contributed by atoms with Gasteiger partial charge in [-0.25, -0.2) is 4.39 Å². The molecule has 0 aliphatic rings. The van der Waals surface area contributed by atoms with Crippen LogP contribution in [-0.2, 0) is 0 Å². The Hall–Kier alpha value is -0.870. The summed E-state index contributed by atoms with van der Waals surface area (Å²) >= 11 is 2.97. The van der Waals surface area contributed by atoms with Crippen molar-refractivity contribution in [2.24, 2.45) is 5.73 Å². The average Bonchev–Trinajstić information content (AvgIpc) is 2.23. The minimum atomic E-state index is -0.493. The fraction of sp³-hybridized carbons (Fsp3) is 0.273. The maximum atomic E-state index is 13.0. The molecule has 0 aliphatic carbocycles. The van der Waals surface area contributed by atoms with E-state index in [1.54, 1.807) is 6.08 Å². The van der Waals surface area contributed by atoms with Crippen molar-refractivity contribution in [2.45, 2.75) is 18.9 Å². The number of aromatic hydroxyl groups is 1. The second-order valence-corrected chi connectivity index (χ2v) is 4.06. The zero-order chi connectivity index (χ0) is 11.4. The summed E-state index contributed by atoms with van der Waals surface area (Å²) in [7, 11) is 0. The summed E-state index contributed by atoms with van der Waals surface area (Å²) in [4.78, 5) is 0. The van der Waals surface area contributed by atoms with Gasteiger partial charge in [-0.05, 0) is 34.8 Å². The molecule has 1 rings (SSSR count). The molecule has 0 amide bonds. The van der Waals surface area contributed by atoms with E-state index >= 15 is 0 Å². The van der Waals surface area contributed by atoms with E-state index in [-0.39, 0.29) is 16.3 Å². The largest absolute Gasteiger partial charge is 0.506 e. The molecule has 0 heterocycles. The van der Waals surface area contributed by atoms with Crippen molar-refractivity contribution >= 4 is 15.9 Å². The summed E-state index contributed by atoms with van der Waals surface area (Å²) in [6.45, 7) is 3.59. The predicted octanol–water partition coefficient (Wildman–Crippen LogP) is 3.26. The van der Waals surface area contributed by atoms with Crippen LogP contribution < -0.4 is 5.73 Å². The molecule has 2 nitrogen and oxygen atoms in total. The van der Waals surface area contributed by atoms with Crippen LogP contribution in [0.2, 0.25) is 0 Å². The number of phenolic OH excluding ortho intramolecular Hbond substituents is 1. The van der Waals surface area contributed by atoms with Crippen molar-refractivity contribution in [3.8, 4) is 5.75 Å². The second kappa shape index (κ2) is 5.28. The number of hydrogen-bond acceptors (Lipinski definition) is 2. The van der Waals surface area contributed by atoms with Gasteiger partial charge >= 0.3 is 0 Å². The van der Waals surface area contributed by atoms with Gasteiger partial charge in [-0.1, -0.05) is 12.1 Å². The average molecular weight is 274 g/mol. The Balaban J connectivity index is 2.94. The number of halogens is 2. The lowest BCUT2D eigenvalue weighted by molar-refractivity contribution is 0.448. The van der Waals surface area contributed by atoms with E-state index < -0.39 is 5.82 Å². The van der Waals surface area contributed by atoms with Gasteiger partial charge in [-0.3, -0.25) is 0 Å². The Morgan fingerprint density at radius 2 is 2.27 bits per heavy atom. The maximum Gasteiger partial charge on any atom is 0.141 e. The first-order chi connectivity index (χ1) is 7.07. The van der Waals surface area contributed by atoms with Gasteiger partial charge in [0.2, 0.25) is 0 Å². The Morgan fingerprint density at radius 3 is 2.87 bits per heavy atom. The first-order valence-corrected chi connectivity index (χ1v) is 5.40. The molecule has 0 fully saturated rings. The van der Waals surface area contributed by atoms with Crippen molar-refractivity contribution in [3.05, 3.63) is 40.6 Å². The van der Waals surface area contributed by atoms with E-state index in [0.29, 0.717) is 12.0 Å². The van der Waals surface area contributed by atoms with Crippen molar-refractivity contribution in [2.75, 3.05) is 0 Å². The number of hydrogen-bond donors (Lipinski definition) is 2. The van der Waals surface area contributed by atoms with Crippen LogP contribution in [0.3, 0.4) is 0 Å². The van der Waals surface area contributed by atoms with Gasteiger partial charge < -0.3 is 10.8 Å². The Kier molecular flexibility index (Phi) is 4.29. The fourth-order valence-corrected chi connectivity index (χ4v) is 1.67. The summed E-state index contributed by atoms with van der Waals surface area (Å²) in [5.74, 6) is -0.612. The number of rotatable bonds is 4. The standard InChI is InChI=1S/C11H13BrFNO/c1-2-3-4-9(14)7-5-6-8(13)10(12)11(7)15/h2,5-6,9,15H,1,3-4,14H2/t9-/m0/s1. The van der Waals surface area contributed by atoms with Crippen LogP contribution in [0.15, 0.2) is 29.3 Å². The molecule has 1 aromatic rings. The third-order valence-electron chi connectivity index (χ3n) is 2.18. The highest BCUT2D eigenvalue weighted by Crippen LogP contribution is 2.34. The van der Waals surface area contributed by atoms with Gasteiger partial charge in [0, 0.05) is 11.6 Å². The molecule has 3 N–H and O–H groups in total. The number of allylic oxidation sites excluding steroid dienone is 1. The molecular formula is C11H13BrFNO. The van der Waals surface area contributed by atoms with Gasteiger partial charge in [0.25, 0.3) is 0 Å². The van der Waals surface area contributed by atoms with E-state index in [0.717, 1.165) is 6.42 Å². The molecule has 1 aromatic carbocycles. The summed E-state index contributed by atoms with van der Waals surface area (Å²) in [6, 6.07) is 2.48. The van der Waals surface area contributed by atoms with Crippen LogP contribution in [-0.4, -0.2) is 5.11 Å². The Morgan fingerprint density at radius 1 is 1.60 bits per heavy atom. The highest BCUT2D eigenvalue weighted by molar-refractivity contribution is 9.10. The Bertz CT molecular complexity index is 368.